The lowest BCUT2D eigenvalue weighted by Crippen LogP contribution is -2.30. The van der Waals surface area contributed by atoms with Crippen LogP contribution in [0.5, 0.6) is 11.6 Å². The van der Waals surface area contributed by atoms with Crippen molar-refractivity contribution in [1.82, 2.24) is 14.7 Å². The summed E-state index contributed by atoms with van der Waals surface area (Å²) in [5, 5.41) is 15.8. The van der Waals surface area contributed by atoms with E-state index in [1.807, 2.05) is 67.6 Å². The summed E-state index contributed by atoms with van der Waals surface area (Å²) in [5.74, 6) is 1.50. The highest BCUT2D eigenvalue weighted by Crippen LogP contribution is 2.35. The average Bonchev–Trinajstić information content (AvgIpc) is 3.65. The quantitative estimate of drug-likeness (QED) is 0.306. The van der Waals surface area contributed by atoms with Crippen molar-refractivity contribution < 1.29 is 14.2 Å². The summed E-state index contributed by atoms with van der Waals surface area (Å²) in [7, 11) is 0. The predicted octanol–water partition coefficient (Wildman–Crippen LogP) is 6.06. The van der Waals surface area contributed by atoms with Crippen LogP contribution in [0.25, 0.3) is 5.69 Å². The molecule has 1 fully saturated rings. The number of benzene rings is 3. The highest BCUT2D eigenvalue weighted by molar-refractivity contribution is 5.43. The minimum atomic E-state index is -0.583. The molecule has 0 unspecified atom stereocenters. The highest BCUT2D eigenvalue weighted by Gasteiger charge is 2.28. The minimum absolute atomic E-state index is 0.309. The third-order valence-electron chi connectivity index (χ3n) is 6.38. The number of hydrogen-bond donors (Lipinski definition) is 1. The number of para-hydroxylation sites is 1. The second kappa shape index (κ2) is 10.4. The SMILES string of the molecule is Cc1nn(-c2ccccc2)c(Oc2ccc(F)cc2)c1CN(CC1CC1)C[C@@H](O)c1ccccc1. The van der Waals surface area contributed by atoms with Crippen LogP contribution in [0.4, 0.5) is 4.39 Å². The molecule has 180 valence electrons. The lowest BCUT2D eigenvalue weighted by atomic mass is 10.1. The minimum Gasteiger partial charge on any atom is -0.439 e. The maximum atomic E-state index is 13.5. The molecule has 0 saturated heterocycles. The van der Waals surface area contributed by atoms with Gasteiger partial charge in [0.15, 0.2) is 0 Å². The molecular weight excluding hydrogens is 441 g/mol. The number of hydrogen-bond acceptors (Lipinski definition) is 4. The average molecular weight is 472 g/mol. The first-order valence-electron chi connectivity index (χ1n) is 12.1. The fourth-order valence-electron chi connectivity index (χ4n) is 4.30. The van der Waals surface area contributed by atoms with Crippen molar-refractivity contribution in [3.8, 4) is 17.3 Å². The van der Waals surface area contributed by atoms with Gasteiger partial charge in [-0.25, -0.2) is 9.07 Å². The molecule has 0 aliphatic heterocycles. The number of aromatic nitrogens is 2. The molecule has 0 amide bonds. The van der Waals surface area contributed by atoms with Crippen molar-refractivity contribution >= 4 is 0 Å². The van der Waals surface area contributed by atoms with Crippen LogP contribution in [-0.4, -0.2) is 32.9 Å². The molecule has 0 spiro atoms. The van der Waals surface area contributed by atoms with Gasteiger partial charge in [0.1, 0.15) is 11.6 Å². The smallest absolute Gasteiger partial charge is 0.227 e. The normalized spacial score (nSPS) is 14.3. The highest BCUT2D eigenvalue weighted by atomic mass is 19.1. The zero-order chi connectivity index (χ0) is 24.2. The van der Waals surface area contributed by atoms with Gasteiger partial charge in [0.05, 0.1) is 23.0 Å². The monoisotopic (exact) mass is 471 g/mol. The summed E-state index contributed by atoms with van der Waals surface area (Å²) < 4.78 is 21.6. The van der Waals surface area contributed by atoms with E-state index in [0.29, 0.717) is 30.6 Å². The number of aliphatic hydroxyl groups is 1. The Hall–Kier alpha value is -3.48. The molecule has 6 heteroatoms. The van der Waals surface area contributed by atoms with Gasteiger partial charge in [0.25, 0.3) is 0 Å². The van der Waals surface area contributed by atoms with E-state index in [2.05, 4.69) is 4.90 Å². The van der Waals surface area contributed by atoms with Gasteiger partial charge in [-0.2, -0.15) is 5.10 Å². The molecule has 1 aromatic heterocycles. The molecule has 1 aliphatic rings. The summed E-state index contributed by atoms with van der Waals surface area (Å²) in [5.41, 5.74) is 3.62. The largest absolute Gasteiger partial charge is 0.439 e. The Morgan fingerprint density at radius 3 is 2.31 bits per heavy atom. The van der Waals surface area contributed by atoms with Gasteiger partial charge in [0, 0.05) is 19.6 Å². The Kier molecular flexibility index (Phi) is 6.93. The van der Waals surface area contributed by atoms with E-state index >= 15 is 0 Å². The van der Waals surface area contributed by atoms with Gasteiger partial charge in [-0.3, -0.25) is 4.90 Å². The van der Waals surface area contributed by atoms with E-state index in [1.165, 1.54) is 25.0 Å². The fourth-order valence-corrected chi connectivity index (χ4v) is 4.30. The number of aryl methyl sites for hydroxylation is 1. The van der Waals surface area contributed by atoms with Crippen LogP contribution in [-0.2, 0) is 6.54 Å². The third kappa shape index (κ3) is 5.78. The number of halogens is 1. The standard InChI is InChI=1S/C29H30FN3O2/c1-21-27(19-32(18-22-12-13-22)20-28(34)23-8-4-2-5-9-23)29(35-26-16-14-24(30)15-17-26)33(31-21)25-10-6-3-7-11-25/h2-11,14-17,22,28,34H,12-13,18-20H2,1H3/t28-/m1/s1. The third-order valence-corrected chi connectivity index (χ3v) is 6.38. The molecule has 1 saturated carbocycles. The lowest BCUT2D eigenvalue weighted by Gasteiger charge is -2.25. The molecule has 5 rings (SSSR count). The maximum absolute atomic E-state index is 13.5. The van der Waals surface area contributed by atoms with Crippen LogP contribution < -0.4 is 4.74 Å². The van der Waals surface area contributed by atoms with Gasteiger partial charge in [-0.05, 0) is 67.6 Å². The number of aliphatic hydroxyl groups excluding tert-OH is 1. The zero-order valence-electron chi connectivity index (χ0n) is 19.8. The van der Waals surface area contributed by atoms with Gasteiger partial charge in [-0.15, -0.1) is 0 Å². The molecule has 4 aromatic rings. The lowest BCUT2D eigenvalue weighted by molar-refractivity contribution is 0.105. The van der Waals surface area contributed by atoms with Crippen molar-refractivity contribution in [2.75, 3.05) is 13.1 Å². The first-order chi connectivity index (χ1) is 17.1. The second-order valence-corrected chi connectivity index (χ2v) is 9.24. The predicted molar refractivity (Wildman–Crippen MR) is 134 cm³/mol. The summed E-state index contributed by atoms with van der Waals surface area (Å²) >= 11 is 0. The van der Waals surface area contributed by atoms with Crippen LogP contribution in [0.3, 0.4) is 0 Å². The van der Waals surface area contributed by atoms with E-state index in [9.17, 15) is 9.50 Å². The zero-order valence-corrected chi connectivity index (χ0v) is 19.8. The van der Waals surface area contributed by atoms with Gasteiger partial charge in [-0.1, -0.05) is 48.5 Å². The number of ether oxygens (including phenoxy) is 1. The van der Waals surface area contributed by atoms with Crippen LogP contribution in [0.15, 0.2) is 84.9 Å². The molecule has 35 heavy (non-hydrogen) atoms. The Morgan fingerprint density at radius 1 is 1.00 bits per heavy atom. The molecule has 1 atom stereocenters. The first-order valence-corrected chi connectivity index (χ1v) is 12.1. The fraction of sp³-hybridized carbons (Fsp3) is 0.276. The number of rotatable bonds is 10. The Morgan fingerprint density at radius 2 is 1.66 bits per heavy atom. The van der Waals surface area contributed by atoms with E-state index in [1.54, 1.807) is 16.8 Å². The molecule has 0 bridgehead atoms. The molecule has 5 nitrogen and oxygen atoms in total. The Labute approximate surface area is 205 Å². The van der Waals surface area contributed by atoms with Crippen LogP contribution >= 0.6 is 0 Å². The summed E-state index contributed by atoms with van der Waals surface area (Å²) in [6.07, 6.45) is 1.86. The summed E-state index contributed by atoms with van der Waals surface area (Å²) in [6.45, 7) is 4.01. The van der Waals surface area contributed by atoms with E-state index < -0.39 is 6.10 Å². The summed E-state index contributed by atoms with van der Waals surface area (Å²) in [4.78, 5) is 2.30. The van der Waals surface area contributed by atoms with Crippen molar-refractivity contribution in [1.29, 1.82) is 0 Å². The van der Waals surface area contributed by atoms with Gasteiger partial charge >= 0.3 is 0 Å². The number of nitrogens with zero attached hydrogens (tertiary/aromatic N) is 3. The molecule has 1 heterocycles. The van der Waals surface area contributed by atoms with E-state index in [-0.39, 0.29) is 5.82 Å². The Bertz CT molecular complexity index is 1240. The second-order valence-electron chi connectivity index (χ2n) is 9.24. The summed E-state index contributed by atoms with van der Waals surface area (Å²) in [6, 6.07) is 25.7. The molecule has 3 aromatic carbocycles. The van der Waals surface area contributed by atoms with E-state index in [4.69, 9.17) is 9.84 Å². The van der Waals surface area contributed by atoms with Crippen molar-refractivity contribution in [3.05, 3.63) is 108 Å². The van der Waals surface area contributed by atoms with Crippen molar-refractivity contribution in [2.24, 2.45) is 5.92 Å². The van der Waals surface area contributed by atoms with E-state index in [0.717, 1.165) is 29.1 Å². The van der Waals surface area contributed by atoms with Crippen molar-refractivity contribution in [3.63, 3.8) is 0 Å². The molecule has 1 N–H and O–H groups in total. The van der Waals surface area contributed by atoms with Gasteiger partial charge in [0.2, 0.25) is 5.88 Å². The van der Waals surface area contributed by atoms with Crippen molar-refractivity contribution in [2.45, 2.75) is 32.4 Å². The van der Waals surface area contributed by atoms with Crippen LogP contribution in [0.2, 0.25) is 0 Å². The van der Waals surface area contributed by atoms with Crippen LogP contribution in [0, 0.1) is 18.7 Å². The topological polar surface area (TPSA) is 50.5 Å². The molecular formula is C29H30FN3O2. The molecule has 1 aliphatic carbocycles. The first kappa shape index (κ1) is 23.3. The Balaban J connectivity index is 1.47. The maximum Gasteiger partial charge on any atom is 0.227 e. The van der Waals surface area contributed by atoms with Gasteiger partial charge < -0.3 is 9.84 Å². The molecule has 0 radical (unpaired) electrons. The van der Waals surface area contributed by atoms with Crippen LogP contribution in [0.1, 0.15) is 35.8 Å².